The lowest BCUT2D eigenvalue weighted by Gasteiger charge is -2.38. The number of nitrogens with one attached hydrogen (secondary N) is 1. The molecule has 0 spiro atoms. The first-order valence-electron chi connectivity index (χ1n) is 10.9. The van der Waals surface area contributed by atoms with E-state index in [1.165, 1.54) is 6.20 Å². The number of rotatable bonds is 9. The van der Waals surface area contributed by atoms with E-state index in [9.17, 15) is 0 Å². The number of amidine groups is 1. The molecule has 0 saturated heterocycles. The smallest absolute Gasteiger partial charge is 0.191 e. The summed E-state index contributed by atoms with van der Waals surface area (Å²) in [5, 5.41) is 7.64. The monoisotopic (exact) mass is 497 g/mol. The third kappa shape index (κ3) is 7.09. The Morgan fingerprint density at radius 2 is 1.36 bits per heavy atom. The SMILES string of the molecule is N=C(N)Cc1cnccc1O[C@@H]1C[C@H](Oc2ccncc2N=C(N)N)[C@@H](N=C(N)N)C[C@H]1N=C(N)N. The first-order valence-corrected chi connectivity index (χ1v) is 10.9. The molecule has 15 N–H and O–H groups in total. The van der Waals surface area contributed by atoms with E-state index in [1.807, 2.05) is 0 Å². The van der Waals surface area contributed by atoms with Crippen molar-refractivity contribution in [3.8, 4) is 11.5 Å². The largest absolute Gasteiger partial charge is 0.488 e. The maximum atomic E-state index is 7.64. The van der Waals surface area contributed by atoms with Gasteiger partial charge >= 0.3 is 0 Å². The van der Waals surface area contributed by atoms with Gasteiger partial charge in [0.1, 0.15) is 29.4 Å². The van der Waals surface area contributed by atoms with Crippen LogP contribution < -0.4 is 49.6 Å². The van der Waals surface area contributed by atoms with E-state index >= 15 is 0 Å². The molecule has 0 amide bonds. The topological polar surface area (TPSA) is 287 Å². The summed E-state index contributed by atoms with van der Waals surface area (Å²) in [6.07, 6.45) is 5.80. The Bertz CT molecular complexity index is 1150. The summed E-state index contributed by atoms with van der Waals surface area (Å²) in [6, 6.07) is 2.29. The van der Waals surface area contributed by atoms with Crippen molar-refractivity contribution >= 4 is 29.4 Å². The van der Waals surface area contributed by atoms with Gasteiger partial charge in [0.05, 0.1) is 24.1 Å². The zero-order valence-electron chi connectivity index (χ0n) is 19.5. The Morgan fingerprint density at radius 3 is 1.92 bits per heavy atom. The molecule has 2 heterocycles. The van der Waals surface area contributed by atoms with Crippen molar-refractivity contribution in [2.75, 3.05) is 0 Å². The Balaban J connectivity index is 1.97. The summed E-state index contributed by atoms with van der Waals surface area (Å²) >= 11 is 0. The lowest BCUT2D eigenvalue weighted by molar-refractivity contribution is 0.0415. The van der Waals surface area contributed by atoms with Gasteiger partial charge in [0, 0.05) is 43.1 Å². The van der Waals surface area contributed by atoms with Crippen molar-refractivity contribution in [1.29, 1.82) is 5.41 Å². The van der Waals surface area contributed by atoms with Crippen LogP contribution in [0, 0.1) is 5.41 Å². The molecule has 4 atom stereocenters. The summed E-state index contributed by atoms with van der Waals surface area (Å²) < 4.78 is 12.6. The average Bonchev–Trinajstić information content (AvgIpc) is 2.77. The van der Waals surface area contributed by atoms with Gasteiger partial charge in [0.15, 0.2) is 17.9 Å². The van der Waals surface area contributed by atoms with Crippen molar-refractivity contribution in [3.05, 3.63) is 42.5 Å². The quantitative estimate of drug-likeness (QED) is 0.140. The van der Waals surface area contributed by atoms with Gasteiger partial charge in [-0.25, -0.2) is 15.0 Å². The summed E-state index contributed by atoms with van der Waals surface area (Å²) in [4.78, 5) is 20.9. The molecule has 0 aliphatic heterocycles. The molecule has 0 radical (unpaired) electrons. The zero-order chi connectivity index (χ0) is 26.2. The third-order valence-electron chi connectivity index (χ3n) is 5.24. The van der Waals surface area contributed by atoms with Gasteiger partial charge in [0.2, 0.25) is 0 Å². The highest BCUT2D eigenvalue weighted by Gasteiger charge is 2.41. The van der Waals surface area contributed by atoms with Crippen molar-refractivity contribution < 1.29 is 9.47 Å². The van der Waals surface area contributed by atoms with Crippen LogP contribution in [0.2, 0.25) is 0 Å². The Labute approximate surface area is 207 Å². The van der Waals surface area contributed by atoms with Gasteiger partial charge < -0.3 is 49.6 Å². The first kappa shape index (κ1) is 25.8. The van der Waals surface area contributed by atoms with Crippen LogP contribution in [-0.2, 0) is 6.42 Å². The highest BCUT2D eigenvalue weighted by atomic mass is 16.5. The van der Waals surface area contributed by atoms with Crippen molar-refractivity contribution in [1.82, 2.24) is 9.97 Å². The van der Waals surface area contributed by atoms with Crippen LogP contribution in [0.1, 0.15) is 18.4 Å². The number of hydrogen-bond acceptors (Lipinski definition) is 8. The molecule has 2 aromatic rings. The van der Waals surface area contributed by atoms with E-state index in [-0.39, 0.29) is 36.6 Å². The zero-order valence-corrected chi connectivity index (χ0v) is 19.5. The standard InChI is InChI=1S/C21H31N13O2/c22-18(23)5-10-8-30-3-1-14(10)35-16-7-17(12(33-20(26)27)6-11(16)32-19(24)25)36-15-2-4-31-9-13(15)34-21(28)29/h1-4,8-9,11-12,16-17H,5-7H2,(H3,22,23)(H4,24,25,32)(H4,26,27,33)(H4,28,29,34)/t11-,12+,16-,17+/m1/s1. The van der Waals surface area contributed by atoms with Crippen LogP contribution in [-0.4, -0.2) is 58.0 Å². The number of aliphatic imine (C=N–C) groups is 3. The number of aromatic nitrogens is 2. The van der Waals surface area contributed by atoms with E-state index in [2.05, 4.69) is 24.9 Å². The highest BCUT2D eigenvalue weighted by molar-refractivity contribution is 5.80. The van der Waals surface area contributed by atoms with Gasteiger partial charge in [-0.2, -0.15) is 0 Å². The van der Waals surface area contributed by atoms with E-state index in [0.29, 0.717) is 29.2 Å². The molecule has 1 aliphatic carbocycles. The highest BCUT2D eigenvalue weighted by Crippen LogP contribution is 2.34. The molecule has 2 aromatic heterocycles. The van der Waals surface area contributed by atoms with Crippen molar-refractivity contribution in [2.45, 2.75) is 43.6 Å². The first-order chi connectivity index (χ1) is 17.1. The molecule has 192 valence electrons. The summed E-state index contributed by atoms with van der Waals surface area (Å²) in [5.74, 6) is 0.454. The van der Waals surface area contributed by atoms with Crippen LogP contribution in [0.4, 0.5) is 5.69 Å². The molecular formula is C21H31N13O2. The van der Waals surface area contributed by atoms with E-state index in [0.717, 1.165) is 0 Å². The van der Waals surface area contributed by atoms with Crippen molar-refractivity contribution in [3.63, 3.8) is 0 Å². The maximum absolute atomic E-state index is 7.64. The van der Waals surface area contributed by atoms with E-state index in [4.69, 9.17) is 55.0 Å². The predicted molar refractivity (Wildman–Crippen MR) is 137 cm³/mol. The van der Waals surface area contributed by atoms with Crippen LogP contribution in [0.15, 0.2) is 51.9 Å². The minimum absolute atomic E-state index is 0.0313. The molecular weight excluding hydrogens is 466 g/mol. The Morgan fingerprint density at radius 1 is 0.806 bits per heavy atom. The molecule has 1 aliphatic rings. The van der Waals surface area contributed by atoms with Crippen LogP contribution in [0.5, 0.6) is 11.5 Å². The lowest BCUT2D eigenvalue weighted by Crippen LogP contribution is -2.50. The second-order valence-corrected chi connectivity index (χ2v) is 8.09. The minimum Gasteiger partial charge on any atom is -0.488 e. The molecule has 15 heteroatoms. The molecule has 3 rings (SSSR count). The molecule has 1 fully saturated rings. The number of ether oxygens (including phenoxy) is 2. The second-order valence-electron chi connectivity index (χ2n) is 8.09. The van der Waals surface area contributed by atoms with E-state index in [1.54, 1.807) is 30.7 Å². The molecule has 0 unspecified atom stereocenters. The van der Waals surface area contributed by atoms with E-state index < -0.39 is 24.3 Å². The normalized spacial score (nSPS) is 21.0. The van der Waals surface area contributed by atoms with Gasteiger partial charge in [-0.05, 0) is 12.5 Å². The number of pyridine rings is 2. The lowest BCUT2D eigenvalue weighted by atomic mass is 9.86. The van der Waals surface area contributed by atoms with Crippen LogP contribution in [0.3, 0.4) is 0 Å². The number of nitrogens with zero attached hydrogens (tertiary/aromatic N) is 5. The molecule has 0 aromatic carbocycles. The Hall–Kier alpha value is -4.82. The third-order valence-corrected chi connectivity index (χ3v) is 5.24. The summed E-state index contributed by atoms with van der Waals surface area (Å²) in [7, 11) is 0. The van der Waals surface area contributed by atoms with Crippen LogP contribution >= 0.6 is 0 Å². The number of hydrogen-bond donors (Lipinski definition) is 8. The van der Waals surface area contributed by atoms with Crippen LogP contribution in [0.25, 0.3) is 0 Å². The fourth-order valence-corrected chi connectivity index (χ4v) is 3.89. The fraction of sp³-hybridized carbons (Fsp3) is 0.333. The fourth-order valence-electron chi connectivity index (χ4n) is 3.89. The molecule has 0 bridgehead atoms. The summed E-state index contributed by atoms with van der Waals surface area (Å²) in [6.45, 7) is 0. The van der Waals surface area contributed by atoms with Gasteiger partial charge in [0.25, 0.3) is 0 Å². The summed E-state index contributed by atoms with van der Waals surface area (Å²) in [5.41, 5.74) is 40.5. The second kappa shape index (κ2) is 11.5. The number of guanidine groups is 3. The predicted octanol–water partition coefficient (Wildman–Crippen LogP) is -1.87. The average molecular weight is 498 g/mol. The molecule has 15 nitrogen and oxygen atoms in total. The molecule has 1 saturated carbocycles. The number of nitrogens with two attached hydrogens (primary N) is 7. The maximum Gasteiger partial charge on any atom is 0.191 e. The Kier molecular flexibility index (Phi) is 8.27. The molecule has 36 heavy (non-hydrogen) atoms. The van der Waals surface area contributed by atoms with Gasteiger partial charge in [-0.3, -0.25) is 15.4 Å². The van der Waals surface area contributed by atoms with Gasteiger partial charge in [-0.15, -0.1) is 0 Å². The van der Waals surface area contributed by atoms with Crippen molar-refractivity contribution in [2.24, 2.45) is 55.1 Å². The van der Waals surface area contributed by atoms with Gasteiger partial charge in [-0.1, -0.05) is 0 Å². The minimum atomic E-state index is -0.573.